The third-order valence-corrected chi connectivity index (χ3v) is 5.93. The number of benzene rings is 3. The highest BCUT2D eigenvalue weighted by Crippen LogP contribution is 2.40. The number of hydrogen-bond donors (Lipinski definition) is 1. The number of β-amino-alcohol motifs (C(OH)–C–C–N with tert-alkyl or cyclic N) is 1. The minimum absolute atomic E-state index is 0.0944. The van der Waals surface area contributed by atoms with Crippen molar-refractivity contribution in [2.24, 2.45) is 0 Å². The summed E-state index contributed by atoms with van der Waals surface area (Å²) in [7, 11) is 0. The molecule has 0 amide bonds. The molecule has 166 valence electrons. The second-order valence-corrected chi connectivity index (χ2v) is 8.01. The van der Waals surface area contributed by atoms with Gasteiger partial charge in [-0.15, -0.1) is 0 Å². The molecule has 33 heavy (non-hydrogen) atoms. The Morgan fingerprint density at radius 3 is 1.73 bits per heavy atom. The normalized spacial score (nSPS) is 13.9. The van der Waals surface area contributed by atoms with Crippen LogP contribution in [-0.4, -0.2) is 34.7 Å². The molecule has 0 radical (unpaired) electrons. The predicted molar refractivity (Wildman–Crippen MR) is 130 cm³/mol. The minimum atomic E-state index is -0.503. The van der Waals surface area contributed by atoms with Crippen molar-refractivity contribution in [3.63, 3.8) is 0 Å². The summed E-state index contributed by atoms with van der Waals surface area (Å²) in [5, 5.41) is 9.60. The fourth-order valence-electron chi connectivity index (χ4n) is 4.32. The van der Waals surface area contributed by atoms with E-state index in [-0.39, 0.29) is 18.2 Å². The van der Waals surface area contributed by atoms with Gasteiger partial charge in [0, 0.05) is 47.1 Å². The lowest BCUT2D eigenvalue weighted by Crippen LogP contribution is -2.29. The molecule has 0 aromatic heterocycles. The van der Waals surface area contributed by atoms with Gasteiger partial charge in [-0.25, -0.2) is 0 Å². The van der Waals surface area contributed by atoms with Crippen molar-refractivity contribution in [1.29, 1.82) is 0 Å². The lowest BCUT2D eigenvalue weighted by molar-refractivity contribution is 0.101. The first-order valence-electron chi connectivity index (χ1n) is 11.2. The maximum Gasteiger partial charge on any atom is 0.191 e. The van der Waals surface area contributed by atoms with E-state index in [9.17, 15) is 14.7 Å². The summed E-state index contributed by atoms with van der Waals surface area (Å²) < 4.78 is 0. The van der Waals surface area contributed by atoms with Gasteiger partial charge in [-0.3, -0.25) is 9.59 Å². The monoisotopic (exact) mass is 437 g/mol. The Balaban J connectivity index is 1.90. The van der Waals surface area contributed by atoms with Crippen molar-refractivity contribution in [3.05, 3.63) is 131 Å². The van der Waals surface area contributed by atoms with Gasteiger partial charge in [0.1, 0.15) is 0 Å². The molecular formula is C29H27NO3. The van der Waals surface area contributed by atoms with Crippen molar-refractivity contribution in [2.45, 2.75) is 19.3 Å². The highest BCUT2D eigenvalue weighted by Gasteiger charge is 2.35. The molecule has 0 saturated carbocycles. The number of aryl methyl sites for hydroxylation is 1. The molecule has 3 aromatic rings. The number of carbonyl (C=O) groups is 2. The van der Waals surface area contributed by atoms with Gasteiger partial charge < -0.3 is 10.0 Å². The largest absolute Gasteiger partial charge is 0.395 e. The van der Waals surface area contributed by atoms with Crippen LogP contribution in [0.2, 0.25) is 0 Å². The number of allylic oxidation sites excluding steroid dienone is 2. The molecule has 1 aliphatic heterocycles. The van der Waals surface area contributed by atoms with Crippen LogP contribution in [0.15, 0.2) is 108 Å². The number of ketones is 2. The third kappa shape index (κ3) is 4.71. The predicted octanol–water partition coefficient (Wildman–Crippen LogP) is 5.17. The van der Waals surface area contributed by atoms with Crippen LogP contribution < -0.4 is 0 Å². The number of aliphatic hydroxyl groups is 1. The number of carbonyl (C=O) groups excluding carboxylic acids is 2. The minimum Gasteiger partial charge on any atom is -0.395 e. The van der Waals surface area contributed by atoms with Crippen molar-refractivity contribution in [1.82, 2.24) is 4.90 Å². The molecule has 0 bridgehead atoms. The van der Waals surface area contributed by atoms with Gasteiger partial charge in [0.2, 0.25) is 0 Å². The molecule has 0 unspecified atom stereocenters. The fraction of sp³-hybridized carbons (Fsp3) is 0.172. The first-order valence-corrected chi connectivity index (χ1v) is 11.2. The summed E-state index contributed by atoms with van der Waals surface area (Å²) in [6.45, 7) is 2.27. The Bertz CT molecular complexity index is 1130. The summed E-state index contributed by atoms with van der Waals surface area (Å²) in [6.07, 6.45) is 4.35. The average Bonchev–Trinajstić information content (AvgIpc) is 2.88. The molecule has 0 atom stereocenters. The zero-order valence-corrected chi connectivity index (χ0v) is 18.6. The summed E-state index contributed by atoms with van der Waals surface area (Å²) >= 11 is 0. The van der Waals surface area contributed by atoms with Gasteiger partial charge >= 0.3 is 0 Å². The molecule has 0 saturated heterocycles. The molecule has 3 aromatic carbocycles. The smallest absolute Gasteiger partial charge is 0.191 e. The number of hydrogen-bond acceptors (Lipinski definition) is 4. The Hall–Kier alpha value is -3.76. The van der Waals surface area contributed by atoms with Crippen LogP contribution in [0.5, 0.6) is 0 Å². The van der Waals surface area contributed by atoms with Crippen molar-refractivity contribution in [2.75, 3.05) is 13.2 Å². The highest BCUT2D eigenvalue weighted by atomic mass is 16.3. The Kier molecular flexibility index (Phi) is 6.96. The quantitative estimate of drug-likeness (QED) is 0.494. The molecule has 1 heterocycles. The van der Waals surface area contributed by atoms with E-state index in [1.807, 2.05) is 60.7 Å². The topological polar surface area (TPSA) is 57.6 Å². The molecule has 4 nitrogen and oxygen atoms in total. The SMILES string of the molecule is CCc1ccccc1C1C(C(=O)c2ccccc2)=CN(CCO)C=C1C(=O)c1ccccc1. The summed E-state index contributed by atoms with van der Waals surface area (Å²) in [5.74, 6) is -0.752. The van der Waals surface area contributed by atoms with E-state index in [1.54, 1.807) is 41.6 Å². The van der Waals surface area contributed by atoms with E-state index >= 15 is 0 Å². The van der Waals surface area contributed by atoms with Crippen molar-refractivity contribution in [3.8, 4) is 0 Å². The van der Waals surface area contributed by atoms with Crippen molar-refractivity contribution < 1.29 is 14.7 Å². The van der Waals surface area contributed by atoms with Gasteiger partial charge in [0.15, 0.2) is 11.6 Å². The van der Waals surface area contributed by atoms with Gasteiger partial charge in [-0.2, -0.15) is 0 Å². The Labute approximate surface area is 194 Å². The first kappa shape index (κ1) is 22.4. The Morgan fingerprint density at radius 1 is 0.758 bits per heavy atom. The van der Waals surface area contributed by atoms with Gasteiger partial charge in [-0.1, -0.05) is 91.9 Å². The fourth-order valence-corrected chi connectivity index (χ4v) is 4.32. The average molecular weight is 438 g/mol. The van der Waals surface area contributed by atoms with Gasteiger partial charge in [0.25, 0.3) is 0 Å². The van der Waals surface area contributed by atoms with Crippen LogP contribution in [0.3, 0.4) is 0 Å². The summed E-state index contributed by atoms with van der Waals surface area (Å²) in [6, 6.07) is 26.2. The molecule has 1 aliphatic rings. The number of Topliss-reactive ketones (excluding diaryl/α,β-unsaturated/α-hetero) is 2. The highest BCUT2D eigenvalue weighted by molar-refractivity contribution is 6.15. The van der Waals surface area contributed by atoms with Crippen LogP contribution in [0.4, 0.5) is 0 Å². The molecule has 0 fully saturated rings. The molecule has 4 heteroatoms. The molecule has 0 aliphatic carbocycles. The lowest BCUT2D eigenvalue weighted by Gasteiger charge is -2.32. The van der Waals surface area contributed by atoms with Gasteiger partial charge in [-0.05, 0) is 17.5 Å². The third-order valence-electron chi connectivity index (χ3n) is 5.93. The molecule has 1 N–H and O–H groups in total. The molecular weight excluding hydrogens is 410 g/mol. The van der Waals surface area contributed by atoms with E-state index in [4.69, 9.17) is 0 Å². The van der Waals surface area contributed by atoms with E-state index < -0.39 is 5.92 Å². The second-order valence-electron chi connectivity index (χ2n) is 8.01. The molecule has 0 spiro atoms. The van der Waals surface area contributed by atoms with E-state index in [1.165, 1.54) is 0 Å². The summed E-state index contributed by atoms with van der Waals surface area (Å²) in [5.41, 5.74) is 4.24. The van der Waals surface area contributed by atoms with Crippen LogP contribution in [0, 0.1) is 0 Å². The number of nitrogens with zero attached hydrogens (tertiary/aromatic N) is 1. The second kappa shape index (κ2) is 10.2. The maximum atomic E-state index is 13.7. The standard InChI is InChI=1S/C29H27NO3/c1-2-21-11-9-10-16-24(21)27-25(28(32)22-12-5-3-6-13-22)19-30(17-18-31)20-26(27)29(33)23-14-7-4-8-15-23/h3-16,19-20,27,31H,2,17-18H2,1H3. The number of rotatable bonds is 8. The lowest BCUT2D eigenvalue weighted by atomic mass is 9.76. The van der Waals surface area contributed by atoms with Crippen LogP contribution >= 0.6 is 0 Å². The van der Waals surface area contributed by atoms with Crippen LogP contribution in [-0.2, 0) is 6.42 Å². The van der Waals surface area contributed by atoms with Gasteiger partial charge in [0.05, 0.1) is 6.61 Å². The molecule has 4 rings (SSSR count). The van der Waals surface area contributed by atoms with E-state index in [2.05, 4.69) is 6.92 Å². The first-order chi connectivity index (χ1) is 16.1. The van der Waals surface area contributed by atoms with E-state index in [0.29, 0.717) is 28.8 Å². The zero-order valence-electron chi connectivity index (χ0n) is 18.6. The maximum absolute atomic E-state index is 13.7. The van der Waals surface area contributed by atoms with Crippen molar-refractivity contribution >= 4 is 11.6 Å². The van der Waals surface area contributed by atoms with Crippen LogP contribution in [0.25, 0.3) is 0 Å². The van der Waals surface area contributed by atoms with E-state index in [0.717, 1.165) is 17.5 Å². The number of aliphatic hydroxyl groups excluding tert-OH is 1. The Morgan fingerprint density at radius 2 is 1.24 bits per heavy atom. The van der Waals surface area contributed by atoms with Crippen LogP contribution in [0.1, 0.15) is 44.7 Å². The zero-order chi connectivity index (χ0) is 23.2. The summed E-state index contributed by atoms with van der Waals surface area (Å²) in [4.78, 5) is 29.2.